The van der Waals surface area contributed by atoms with Crippen molar-refractivity contribution >= 4 is 38.3 Å². The quantitative estimate of drug-likeness (QED) is 0.559. The van der Waals surface area contributed by atoms with Gasteiger partial charge in [0.15, 0.2) is 9.84 Å². The summed E-state index contributed by atoms with van der Waals surface area (Å²) in [4.78, 5) is 25.8. The van der Waals surface area contributed by atoms with Gasteiger partial charge in [0, 0.05) is 5.41 Å². The van der Waals surface area contributed by atoms with Crippen LogP contribution in [0.1, 0.15) is 10.4 Å². The van der Waals surface area contributed by atoms with E-state index < -0.39 is 27.3 Å². The number of H-pyrrole nitrogens is 1. The first-order chi connectivity index (χ1) is 8.37. The van der Waals surface area contributed by atoms with Crippen molar-refractivity contribution in [3.05, 3.63) is 43.2 Å². The molecule has 2 N–H and O–H groups in total. The molecular weight excluding hydrogens is 371 g/mol. The van der Waals surface area contributed by atoms with Crippen LogP contribution in [0.5, 0.6) is 0 Å². The van der Waals surface area contributed by atoms with Crippen LogP contribution in [-0.4, -0.2) is 31.1 Å². The molecule has 1 aliphatic heterocycles. The summed E-state index contributed by atoms with van der Waals surface area (Å²) >= 11 is 1.92. The third-order valence-electron chi connectivity index (χ3n) is 2.37. The minimum atomic E-state index is -3.22. The molecule has 6 nitrogen and oxygen atoms in total. The number of aromatic amines is 1. The van der Waals surface area contributed by atoms with Gasteiger partial charge in [-0.2, -0.15) is 0 Å². The van der Waals surface area contributed by atoms with Crippen molar-refractivity contribution in [2.24, 2.45) is 0 Å². The van der Waals surface area contributed by atoms with E-state index in [1.165, 1.54) is 12.1 Å². The summed E-state index contributed by atoms with van der Waals surface area (Å²) in [5, 5.41) is 3.55. The molecule has 0 aliphatic carbocycles. The Labute approximate surface area is 117 Å². The lowest BCUT2D eigenvalue weighted by Gasteiger charge is -2.09. The first-order valence-electron chi connectivity index (χ1n) is 4.98. The van der Waals surface area contributed by atoms with E-state index in [9.17, 15) is 18.0 Å². The maximum Gasteiger partial charge on any atom is 0.261 e. The number of carbonyl (C=O) groups is 1. The third kappa shape index (κ3) is 2.99. The molecule has 1 aromatic rings. The highest BCUT2D eigenvalue weighted by Gasteiger charge is 2.24. The average Bonchev–Trinajstić information content (AvgIpc) is 2.57. The number of rotatable bonds is 2. The first kappa shape index (κ1) is 13.3. The summed E-state index contributed by atoms with van der Waals surface area (Å²) in [6.45, 7) is 0. The van der Waals surface area contributed by atoms with Crippen LogP contribution in [0.25, 0.3) is 0 Å². The third-order valence-corrected chi connectivity index (χ3v) is 4.39. The maximum atomic E-state index is 11.8. The molecular formula is C10H9IN2O4S. The molecule has 8 heteroatoms. The van der Waals surface area contributed by atoms with Crippen LogP contribution < -0.4 is 10.9 Å². The second-order valence-electron chi connectivity index (χ2n) is 3.79. The second-order valence-corrected chi connectivity index (χ2v) is 6.88. The van der Waals surface area contributed by atoms with Gasteiger partial charge in [-0.15, -0.1) is 0 Å². The molecule has 0 saturated heterocycles. The van der Waals surface area contributed by atoms with Gasteiger partial charge in [0.2, 0.25) is 0 Å². The molecule has 0 radical (unpaired) electrons. The topological polar surface area (TPSA) is 96.1 Å². The lowest BCUT2D eigenvalue weighted by atomic mass is 10.2. The van der Waals surface area contributed by atoms with E-state index in [0.717, 1.165) is 5.41 Å². The fourth-order valence-corrected chi connectivity index (χ4v) is 3.20. The number of hydrogen-bond acceptors (Lipinski definition) is 4. The lowest BCUT2D eigenvalue weighted by molar-refractivity contribution is 0.0946. The highest BCUT2D eigenvalue weighted by molar-refractivity contribution is 14.1. The highest BCUT2D eigenvalue weighted by atomic mass is 127. The SMILES string of the molecule is O=C(N[C@@H]1C=CS(=O)(=O)C1)c1ccc(I)[nH]c1=O. The van der Waals surface area contributed by atoms with E-state index in [-0.39, 0.29) is 11.3 Å². The standard InChI is InChI=1S/C10H9IN2O4S/c11-8-2-1-7(10(15)13-8)9(14)12-6-3-4-18(16,17)5-6/h1-4,6H,5H2,(H,12,14)(H,13,15)/t6-/m1/s1. The van der Waals surface area contributed by atoms with E-state index in [1.54, 1.807) is 6.07 Å². The number of aromatic nitrogens is 1. The molecule has 1 atom stereocenters. The number of carbonyl (C=O) groups excluding carboxylic acids is 1. The minimum absolute atomic E-state index is 0.0342. The number of halogens is 1. The predicted molar refractivity (Wildman–Crippen MR) is 74.0 cm³/mol. The molecule has 0 fully saturated rings. The summed E-state index contributed by atoms with van der Waals surface area (Å²) in [6.07, 6.45) is 1.40. The zero-order valence-corrected chi connectivity index (χ0v) is 12.0. The van der Waals surface area contributed by atoms with Crippen molar-refractivity contribution in [1.29, 1.82) is 0 Å². The molecule has 0 spiro atoms. The molecule has 0 aromatic carbocycles. The van der Waals surface area contributed by atoms with E-state index in [2.05, 4.69) is 10.3 Å². The second kappa shape index (κ2) is 4.84. The van der Waals surface area contributed by atoms with Crippen LogP contribution in [0.3, 0.4) is 0 Å². The minimum Gasteiger partial charge on any atom is -0.345 e. The van der Waals surface area contributed by atoms with Gasteiger partial charge in [-0.25, -0.2) is 8.42 Å². The van der Waals surface area contributed by atoms with E-state index >= 15 is 0 Å². The zero-order chi connectivity index (χ0) is 13.3. The van der Waals surface area contributed by atoms with Gasteiger partial charge in [-0.3, -0.25) is 9.59 Å². The monoisotopic (exact) mass is 380 g/mol. The van der Waals surface area contributed by atoms with Crippen molar-refractivity contribution in [2.45, 2.75) is 6.04 Å². The first-order valence-corrected chi connectivity index (χ1v) is 7.77. The van der Waals surface area contributed by atoms with Crippen LogP contribution >= 0.6 is 22.6 Å². The van der Waals surface area contributed by atoms with Crippen LogP contribution in [-0.2, 0) is 9.84 Å². The Hall–Kier alpha value is -1.16. The van der Waals surface area contributed by atoms with Crippen molar-refractivity contribution in [3.63, 3.8) is 0 Å². The predicted octanol–water partition coefficient (Wildman–Crippen LogP) is 0.0200. The van der Waals surface area contributed by atoms with E-state index in [4.69, 9.17) is 0 Å². The Morgan fingerprint density at radius 1 is 1.44 bits per heavy atom. The summed E-state index contributed by atoms with van der Waals surface area (Å²) in [7, 11) is -3.22. The summed E-state index contributed by atoms with van der Waals surface area (Å²) in [5.41, 5.74) is -0.530. The molecule has 1 aliphatic rings. The Kier molecular flexibility index (Phi) is 3.57. The van der Waals surface area contributed by atoms with Gasteiger partial charge in [0.05, 0.1) is 15.5 Å². The van der Waals surface area contributed by atoms with E-state index in [0.29, 0.717) is 3.70 Å². The molecule has 0 bridgehead atoms. The van der Waals surface area contributed by atoms with Crippen molar-refractivity contribution in [1.82, 2.24) is 10.3 Å². The van der Waals surface area contributed by atoms with Crippen LogP contribution in [0.15, 0.2) is 28.4 Å². The molecule has 2 rings (SSSR count). The Balaban J connectivity index is 2.14. The number of nitrogens with one attached hydrogen (secondary N) is 2. The normalized spacial score (nSPS) is 20.8. The molecule has 0 unspecified atom stereocenters. The lowest BCUT2D eigenvalue weighted by Crippen LogP contribution is -2.38. The van der Waals surface area contributed by atoms with Gasteiger partial charge >= 0.3 is 0 Å². The fraction of sp³-hybridized carbons (Fsp3) is 0.200. The van der Waals surface area contributed by atoms with E-state index in [1.807, 2.05) is 22.6 Å². The summed E-state index contributed by atoms with van der Waals surface area (Å²) < 4.78 is 22.9. The van der Waals surface area contributed by atoms with Crippen molar-refractivity contribution in [2.75, 3.05) is 5.75 Å². The zero-order valence-electron chi connectivity index (χ0n) is 9.01. The molecule has 1 amide bonds. The van der Waals surface area contributed by atoms with Crippen molar-refractivity contribution in [3.8, 4) is 0 Å². The van der Waals surface area contributed by atoms with Crippen LogP contribution in [0.4, 0.5) is 0 Å². The van der Waals surface area contributed by atoms with Crippen LogP contribution in [0, 0.1) is 3.70 Å². The molecule has 0 saturated carbocycles. The van der Waals surface area contributed by atoms with Gasteiger partial charge in [-0.05, 0) is 40.8 Å². The molecule has 18 heavy (non-hydrogen) atoms. The molecule has 96 valence electrons. The summed E-state index contributed by atoms with van der Waals surface area (Å²) in [5.74, 6) is -0.750. The van der Waals surface area contributed by atoms with Gasteiger partial charge in [0.1, 0.15) is 5.56 Å². The largest absolute Gasteiger partial charge is 0.345 e. The summed E-state index contributed by atoms with van der Waals surface area (Å²) in [6, 6.07) is 2.42. The number of hydrogen-bond donors (Lipinski definition) is 2. The van der Waals surface area contributed by atoms with Crippen LogP contribution in [0.2, 0.25) is 0 Å². The van der Waals surface area contributed by atoms with Gasteiger partial charge < -0.3 is 10.3 Å². The Morgan fingerprint density at radius 3 is 2.72 bits per heavy atom. The van der Waals surface area contributed by atoms with Crippen molar-refractivity contribution < 1.29 is 13.2 Å². The Bertz CT molecular complexity index is 677. The fourth-order valence-electron chi connectivity index (χ4n) is 1.54. The smallest absolute Gasteiger partial charge is 0.261 e. The molecule has 1 aromatic heterocycles. The number of amides is 1. The molecule has 2 heterocycles. The average molecular weight is 380 g/mol. The Morgan fingerprint density at radius 2 is 2.17 bits per heavy atom. The van der Waals surface area contributed by atoms with Gasteiger partial charge in [-0.1, -0.05) is 0 Å². The number of sulfone groups is 1. The van der Waals surface area contributed by atoms with Gasteiger partial charge in [0.25, 0.3) is 11.5 Å². The highest BCUT2D eigenvalue weighted by Crippen LogP contribution is 2.08. The maximum absolute atomic E-state index is 11.8. The number of pyridine rings is 1.